The SMILES string of the molecule is CNCc1cc(-c2c(C)cc(C)cc2C)nn1C. The molecule has 96 valence electrons. The third-order valence-electron chi connectivity index (χ3n) is 3.27. The Kier molecular flexibility index (Phi) is 3.53. The number of rotatable bonds is 3. The zero-order valence-electron chi connectivity index (χ0n) is 11.8. The molecule has 0 atom stereocenters. The van der Waals surface area contributed by atoms with Crippen molar-refractivity contribution in [2.24, 2.45) is 7.05 Å². The van der Waals surface area contributed by atoms with Gasteiger partial charge in [-0.15, -0.1) is 0 Å². The highest BCUT2D eigenvalue weighted by Crippen LogP contribution is 2.27. The van der Waals surface area contributed by atoms with Gasteiger partial charge in [0.05, 0.1) is 11.4 Å². The number of hydrogen-bond donors (Lipinski definition) is 1. The molecule has 1 aromatic heterocycles. The van der Waals surface area contributed by atoms with E-state index in [1.165, 1.54) is 27.9 Å². The van der Waals surface area contributed by atoms with Crippen molar-refractivity contribution in [2.75, 3.05) is 7.05 Å². The lowest BCUT2D eigenvalue weighted by atomic mass is 9.97. The van der Waals surface area contributed by atoms with E-state index < -0.39 is 0 Å². The molecule has 0 bridgehead atoms. The van der Waals surface area contributed by atoms with E-state index in [9.17, 15) is 0 Å². The van der Waals surface area contributed by atoms with Gasteiger partial charge in [-0.1, -0.05) is 17.7 Å². The van der Waals surface area contributed by atoms with Crippen molar-refractivity contribution in [3.8, 4) is 11.3 Å². The fourth-order valence-electron chi connectivity index (χ4n) is 2.56. The normalized spacial score (nSPS) is 10.9. The zero-order chi connectivity index (χ0) is 13.3. The molecular formula is C15H21N3. The quantitative estimate of drug-likeness (QED) is 0.898. The molecule has 0 radical (unpaired) electrons. The van der Waals surface area contributed by atoms with Crippen molar-refractivity contribution in [3.05, 3.63) is 40.6 Å². The molecule has 1 N–H and O–H groups in total. The summed E-state index contributed by atoms with van der Waals surface area (Å²) in [6.07, 6.45) is 0. The van der Waals surface area contributed by atoms with Gasteiger partial charge in [0, 0.05) is 19.2 Å². The van der Waals surface area contributed by atoms with Crippen molar-refractivity contribution >= 4 is 0 Å². The van der Waals surface area contributed by atoms with Crippen LogP contribution in [0.2, 0.25) is 0 Å². The van der Waals surface area contributed by atoms with Crippen LogP contribution in [0.3, 0.4) is 0 Å². The molecule has 0 aliphatic heterocycles. The monoisotopic (exact) mass is 243 g/mol. The first-order valence-corrected chi connectivity index (χ1v) is 6.28. The van der Waals surface area contributed by atoms with E-state index in [1.807, 2.05) is 18.8 Å². The second kappa shape index (κ2) is 4.94. The summed E-state index contributed by atoms with van der Waals surface area (Å²) in [5.74, 6) is 0. The summed E-state index contributed by atoms with van der Waals surface area (Å²) in [7, 11) is 3.95. The van der Waals surface area contributed by atoms with Gasteiger partial charge in [0.2, 0.25) is 0 Å². The first kappa shape index (κ1) is 12.8. The van der Waals surface area contributed by atoms with Gasteiger partial charge in [-0.05, 0) is 45.0 Å². The van der Waals surface area contributed by atoms with Crippen LogP contribution >= 0.6 is 0 Å². The lowest BCUT2D eigenvalue weighted by Gasteiger charge is -2.08. The Balaban J connectivity index is 2.52. The van der Waals surface area contributed by atoms with E-state index in [1.54, 1.807) is 0 Å². The van der Waals surface area contributed by atoms with Gasteiger partial charge in [0.15, 0.2) is 0 Å². The first-order chi connectivity index (χ1) is 8.52. The van der Waals surface area contributed by atoms with Crippen molar-refractivity contribution < 1.29 is 0 Å². The minimum absolute atomic E-state index is 0.841. The Morgan fingerprint density at radius 3 is 2.28 bits per heavy atom. The Morgan fingerprint density at radius 2 is 1.72 bits per heavy atom. The lowest BCUT2D eigenvalue weighted by molar-refractivity contribution is 0.673. The Morgan fingerprint density at radius 1 is 1.11 bits per heavy atom. The molecule has 3 nitrogen and oxygen atoms in total. The topological polar surface area (TPSA) is 29.9 Å². The Hall–Kier alpha value is -1.61. The Labute approximate surface area is 109 Å². The van der Waals surface area contributed by atoms with E-state index >= 15 is 0 Å². The summed E-state index contributed by atoms with van der Waals surface area (Å²) in [6, 6.07) is 6.60. The molecule has 0 amide bonds. The number of nitrogens with one attached hydrogen (secondary N) is 1. The number of hydrogen-bond acceptors (Lipinski definition) is 2. The van der Waals surface area contributed by atoms with Gasteiger partial charge >= 0.3 is 0 Å². The highest BCUT2D eigenvalue weighted by atomic mass is 15.3. The molecule has 1 aromatic carbocycles. The Bertz CT molecular complexity index is 544. The number of benzene rings is 1. The van der Waals surface area contributed by atoms with Gasteiger partial charge in [-0.3, -0.25) is 4.68 Å². The summed E-state index contributed by atoms with van der Waals surface area (Å²) in [6.45, 7) is 7.28. The average molecular weight is 243 g/mol. The molecule has 0 aliphatic rings. The van der Waals surface area contributed by atoms with Gasteiger partial charge < -0.3 is 5.32 Å². The van der Waals surface area contributed by atoms with Crippen LogP contribution in [0.1, 0.15) is 22.4 Å². The van der Waals surface area contributed by atoms with Crippen LogP contribution in [0, 0.1) is 20.8 Å². The summed E-state index contributed by atoms with van der Waals surface area (Å²) in [5, 5.41) is 7.79. The van der Waals surface area contributed by atoms with Crippen LogP contribution in [-0.2, 0) is 13.6 Å². The van der Waals surface area contributed by atoms with Gasteiger partial charge in [-0.2, -0.15) is 5.10 Å². The summed E-state index contributed by atoms with van der Waals surface area (Å²) < 4.78 is 1.95. The fourth-order valence-corrected chi connectivity index (χ4v) is 2.56. The predicted molar refractivity (Wildman–Crippen MR) is 75.6 cm³/mol. The molecule has 2 rings (SSSR count). The molecule has 0 aliphatic carbocycles. The van der Waals surface area contributed by atoms with E-state index in [2.05, 4.69) is 49.4 Å². The van der Waals surface area contributed by atoms with Crippen LogP contribution in [0.4, 0.5) is 0 Å². The second-order valence-electron chi connectivity index (χ2n) is 4.95. The molecule has 2 aromatic rings. The number of aromatic nitrogens is 2. The highest BCUT2D eigenvalue weighted by Gasteiger charge is 2.11. The van der Waals surface area contributed by atoms with Crippen molar-refractivity contribution in [1.82, 2.24) is 15.1 Å². The van der Waals surface area contributed by atoms with Crippen LogP contribution < -0.4 is 5.32 Å². The first-order valence-electron chi connectivity index (χ1n) is 6.28. The van der Waals surface area contributed by atoms with Crippen LogP contribution in [-0.4, -0.2) is 16.8 Å². The molecule has 0 unspecified atom stereocenters. The summed E-state index contributed by atoms with van der Waals surface area (Å²) in [5.41, 5.74) is 7.42. The van der Waals surface area contributed by atoms with E-state index in [4.69, 9.17) is 0 Å². The maximum absolute atomic E-state index is 4.63. The number of aryl methyl sites for hydroxylation is 4. The summed E-state index contributed by atoms with van der Waals surface area (Å²) >= 11 is 0. The van der Waals surface area contributed by atoms with Crippen LogP contribution in [0.5, 0.6) is 0 Å². The largest absolute Gasteiger partial charge is 0.314 e. The zero-order valence-corrected chi connectivity index (χ0v) is 11.8. The fraction of sp³-hybridized carbons (Fsp3) is 0.400. The minimum Gasteiger partial charge on any atom is -0.314 e. The van der Waals surface area contributed by atoms with Crippen LogP contribution in [0.25, 0.3) is 11.3 Å². The van der Waals surface area contributed by atoms with E-state index in [0.29, 0.717) is 0 Å². The van der Waals surface area contributed by atoms with Gasteiger partial charge in [0.25, 0.3) is 0 Å². The van der Waals surface area contributed by atoms with Gasteiger partial charge in [-0.25, -0.2) is 0 Å². The number of nitrogens with zero attached hydrogens (tertiary/aromatic N) is 2. The predicted octanol–water partition coefficient (Wildman–Crippen LogP) is 2.73. The van der Waals surface area contributed by atoms with Gasteiger partial charge in [0.1, 0.15) is 0 Å². The molecule has 18 heavy (non-hydrogen) atoms. The molecular weight excluding hydrogens is 222 g/mol. The standard InChI is InChI=1S/C15H21N3/c1-10-6-11(2)15(12(3)7-10)14-8-13(9-16-4)18(5)17-14/h6-8,16H,9H2,1-5H3. The third-order valence-corrected chi connectivity index (χ3v) is 3.27. The molecule has 0 fully saturated rings. The van der Waals surface area contributed by atoms with E-state index in [0.717, 1.165) is 12.2 Å². The van der Waals surface area contributed by atoms with E-state index in [-0.39, 0.29) is 0 Å². The molecule has 0 spiro atoms. The molecule has 1 heterocycles. The molecule has 0 saturated carbocycles. The molecule has 0 saturated heterocycles. The highest BCUT2D eigenvalue weighted by molar-refractivity contribution is 5.68. The second-order valence-corrected chi connectivity index (χ2v) is 4.95. The maximum Gasteiger partial charge on any atom is 0.0931 e. The van der Waals surface area contributed by atoms with Crippen molar-refractivity contribution in [1.29, 1.82) is 0 Å². The third kappa shape index (κ3) is 2.31. The minimum atomic E-state index is 0.841. The van der Waals surface area contributed by atoms with Crippen LogP contribution in [0.15, 0.2) is 18.2 Å². The lowest BCUT2D eigenvalue weighted by Crippen LogP contribution is -2.09. The maximum atomic E-state index is 4.63. The summed E-state index contributed by atoms with van der Waals surface area (Å²) in [4.78, 5) is 0. The average Bonchev–Trinajstić information content (AvgIpc) is 2.59. The molecule has 3 heteroatoms. The van der Waals surface area contributed by atoms with Crippen molar-refractivity contribution in [2.45, 2.75) is 27.3 Å². The van der Waals surface area contributed by atoms with Crippen molar-refractivity contribution in [3.63, 3.8) is 0 Å². The smallest absolute Gasteiger partial charge is 0.0931 e.